The van der Waals surface area contributed by atoms with E-state index in [1.54, 1.807) is 18.2 Å². The Labute approximate surface area is 217 Å². The lowest BCUT2D eigenvalue weighted by atomic mass is 9.83. The standard InChI is InChI=1S/C25H18ClF5N4OS/c1-2-22(36)35-11-17(15-7-21(26)37-20(15)12-35)14-6-4-3-5-13(14)16(24(32)25(29,30)31)8-34-23-18(27)9-33-10-19(23)28/h2-10,17H,1,11-12,32H2/b24-16+,34-8?/t17-/m0/s1. The van der Waals surface area contributed by atoms with Gasteiger partial charge in [0.05, 0.1) is 23.3 Å². The fourth-order valence-electron chi connectivity index (χ4n) is 4.09. The molecule has 1 atom stereocenters. The molecule has 0 saturated heterocycles. The van der Waals surface area contributed by atoms with Crippen molar-refractivity contribution in [2.24, 2.45) is 10.7 Å². The molecule has 3 aromatic rings. The minimum absolute atomic E-state index is 0.0297. The molecule has 4 rings (SSSR count). The number of thiophene rings is 1. The topological polar surface area (TPSA) is 71.6 Å². The van der Waals surface area contributed by atoms with Gasteiger partial charge in [0, 0.05) is 29.1 Å². The number of halogens is 6. The SMILES string of the molecule is C=CC(=O)N1Cc2sc(Cl)cc2[C@H](c2ccccc2/C(C=Nc2c(F)cncc2F)=C(/N)C(F)(F)F)C1. The molecule has 0 saturated carbocycles. The maximum Gasteiger partial charge on any atom is 0.431 e. The fourth-order valence-corrected chi connectivity index (χ4v) is 5.44. The molecule has 1 aromatic carbocycles. The van der Waals surface area contributed by atoms with Crippen LogP contribution in [0, 0.1) is 11.6 Å². The van der Waals surface area contributed by atoms with Gasteiger partial charge in [0.2, 0.25) is 5.91 Å². The van der Waals surface area contributed by atoms with Crippen molar-refractivity contribution in [1.82, 2.24) is 9.88 Å². The van der Waals surface area contributed by atoms with Crippen LogP contribution in [0.1, 0.15) is 27.5 Å². The number of hydrogen-bond donors (Lipinski definition) is 1. The van der Waals surface area contributed by atoms with Crippen LogP contribution in [0.15, 0.2) is 66.1 Å². The van der Waals surface area contributed by atoms with Gasteiger partial charge in [0.25, 0.3) is 0 Å². The Morgan fingerprint density at radius 3 is 2.54 bits per heavy atom. The van der Waals surface area contributed by atoms with Gasteiger partial charge in [0.15, 0.2) is 11.6 Å². The van der Waals surface area contributed by atoms with Gasteiger partial charge in [0.1, 0.15) is 11.4 Å². The quantitative estimate of drug-likeness (QED) is 0.227. The van der Waals surface area contributed by atoms with Gasteiger partial charge >= 0.3 is 6.18 Å². The van der Waals surface area contributed by atoms with E-state index in [4.69, 9.17) is 17.3 Å². The zero-order chi connectivity index (χ0) is 26.9. The second-order valence-corrected chi connectivity index (χ2v) is 9.79. The summed E-state index contributed by atoms with van der Waals surface area (Å²) < 4.78 is 70.1. The molecule has 37 heavy (non-hydrogen) atoms. The second-order valence-electron chi connectivity index (χ2n) is 8.03. The first-order chi connectivity index (χ1) is 17.5. The van der Waals surface area contributed by atoms with E-state index in [0.29, 0.717) is 28.5 Å². The van der Waals surface area contributed by atoms with Crippen molar-refractivity contribution in [3.63, 3.8) is 0 Å². The highest BCUT2D eigenvalue weighted by molar-refractivity contribution is 7.16. The van der Waals surface area contributed by atoms with E-state index in [1.165, 1.54) is 28.4 Å². The zero-order valence-electron chi connectivity index (χ0n) is 18.9. The first-order valence-electron chi connectivity index (χ1n) is 10.7. The lowest BCUT2D eigenvalue weighted by Gasteiger charge is -2.33. The van der Waals surface area contributed by atoms with Crippen LogP contribution in [0.4, 0.5) is 27.6 Å². The lowest BCUT2D eigenvalue weighted by molar-refractivity contribution is -0.127. The molecule has 0 aliphatic carbocycles. The number of rotatable bonds is 5. The number of fused-ring (bicyclic) bond motifs is 1. The third-order valence-corrected chi connectivity index (χ3v) is 7.05. The molecule has 2 N–H and O–H groups in total. The zero-order valence-corrected chi connectivity index (χ0v) is 20.5. The van der Waals surface area contributed by atoms with Gasteiger partial charge in [-0.05, 0) is 28.8 Å². The number of nitrogens with two attached hydrogens (primary N) is 1. The van der Waals surface area contributed by atoms with Gasteiger partial charge in [-0.3, -0.25) is 9.78 Å². The van der Waals surface area contributed by atoms with Crippen molar-refractivity contribution in [2.45, 2.75) is 18.6 Å². The summed E-state index contributed by atoms with van der Waals surface area (Å²) in [5.41, 5.74) is 3.80. The van der Waals surface area contributed by atoms with Crippen LogP contribution >= 0.6 is 22.9 Å². The second kappa shape index (κ2) is 10.4. The van der Waals surface area contributed by atoms with E-state index in [2.05, 4.69) is 16.6 Å². The predicted molar refractivity (Wildman–Crippen MR) is 133 cm³/mol. The Balaban J connectivity index is 1.91. The van der Waals surface area contributed by atoms with Gasteiger partial charge in [-0.2, -0.15) is 13.2 Å². The number of nitrogens with zero attached hydrogens (tertiary/aromatic N) is 3. The van der Waals surface area contributed by atoms with Crippen LogP contribution < -0.4 is 5.73 Å². The molecule has 1 aliphatic rings. The number of amides is 1. The summed E-state index contributed by atoms with van der Waals surface area (Å²) in [5.74, 6) is -3.24. The highest BCUT2D eigenvalue weighted by atomic mass is 35.5. The Bertz CT molecular complexity index is 1410. The van der Waals surface area contributed by atoms with Crippen LogP contribution in [-0.4, -0.2) is 34.7 Å². The van der Waals surface area contributed by atoms with E-state index in [9.17, 15) is 26.7 Å². The van der Waals surface area contributed by atoms with Crippen molar-refractivity contribution in [3.05, 3.63) is 98.6 Å². The maximum absolute atomic E-state index is 14.1. The van der Waals surface area contributed by atoms with Crippen molar-refractivity contribution in [3.8, 4) is 0 Å². The van der Waals surface area contributed by atoms with Crippen LogP contribution in [0.5, 0.6) is 0 Å². The summed E-state index contributed by atoms with van der Waals surface area (Å²) in [6.45, 7) is 3.91. The van der Waals surface area contributed by atoms with E-state index in [1.807, 2.05) is 0 Å². The largest absolute Gasteiger partial charge is 0.431 e. The molecule has 0 bridgehead atoms. The number of carbonyl (C=O) groups excluding carboxylic acids is 1. The van der Waals surface area contributed by atoms with Crippen molar-refractivity contribution in [2.75, 3.05) is 6.54 Å². The van der Waals surface area contributed by atoms with Crippen LogP contribution in [0.3, 0.4) is 0 Å². The fraction of sp³-hybridized carbons (Fsp3) is 0.160. The monoisotopic (exact) mass is 552 g/mol. The average Bonchev–Trinajstić information content (AvgIpc) is 3.24. The minimum atomic E-state index is -4.97. The number of pyridine rings is 1. The highest BCUT2D eigenvalue weighted by Crippen LogP contribution is 2.43. The molecule has 3 heterocycles. The van der Waals surface area contributed by atoms with Gasteiger partial charge in [-0.25, -0.2) is 13.8 Å². The van der Waals surface area contributed by atoms with Crippen molar-refractivity contribution < 1.29 is 26.7 Å². The van der Waals surface area contributed by atoms with E-state index in [-0.39, 0.29) is 24.6 Å². The van der Waals surface area contributed by atoms with E-state index in [0.717, 1.165) is 16.5 Å². The molecule has 1 aliphatic heterocycles. The molecule has 1 amide bonds. The number of hydrogen-bond acceptors (Lipinski definition) is 5. The first-order valence-corrected chi connectivity index (χ1v) is 11.9. The maximum atomic E-state index is 14.1. The molecule has 0 unspecified atom stereocenters. The molecule has 0 fully saturated rings. The lowest BCUT2D eigenvalue weighted by Crippen LogP contribution is -2.37. The molecular formula is C25H18ClF5N4OS. The molecule has 2 aromatic heterocycles. The Morgan fingerprint density at radius 2 is 1.89 bits per heavy atom. The summed E-state index contributed by atoms with van der Waals surface area (Å²) in [5, 5.41) is 0. The third kappa shape index (κ3) is 5.42. The van der Waals surface area contributed by atoms with Gasteiger partial charge in [-0.15, -0.1) is 11.3 Å². The number of allylic oxidation sites excluding steroid dienone is 2. The molecule has 192 valence electrons. The van der Waals surface area contributed by atoms with Gasteiger partial charge < -0.3 is 10.6 Å². The van der Waals surface area contributed by atoms with E-state index < -0.39 is 40.7 Å². The molecule has 0 spiro atoms. The third-order valence-electron chi connectivity index (χ3n) is 5.78. The normalized spacial score (nSPS) is 16.5. The van der Waals surface area contributed by atoms with Crippen molar-refractivity contribution in [1.29, 1.82) is 0 Å². The van der Waals surface area contributed by atoms with Crippen molar-refractivity contribution >= 4 is 46.3 Å². The number of benzene rings is 1. The highest BCUT2D eigenvalue weighted by Gasteiger charge is 2.36. The average molecular weight is 553 g/mol. The number of carbonyl (C=O) groups is 1. The summed E-state index contributed by atoms with van der Waals surface area (Å²) in [4.78, 5) is 21.7. The predicted octanol–water partition coefficient (Wildman–Crippen LogP) is 6.37. The number of aromatic nitrogens is 1. The summed E-state index contributed by atoms with van der Waals surface area (Å²) >= 11 is 7.50. The Kier molecular flexibility index (Phi) is 7.47. The molecule has 0 radical (unpaired) electrons. The van der Waals surface area contributed by atoms with Crippen LogP contribution in [-0.2, 0) is 11.3 Å². The van der Waals surface area contributed by atoms with Gasteiger partial charge in [-0.1, -0.05) is 42.4 Å². The minimum Gasteiger partial charge on any atom is -0.394 e. The Morgan fingerprint density at radius 1 is 1.22 bits per heavy atom. The molecular weight excluding hydrogens is 535 g/mol. The van der Waals surface area contributed by atoms with Crippen LogP contribution in [0.25, 0.3) is 5.57 Å². The first kappa shape index (κ1) is 26.5. The smallest absolute Gasteiger partial charge is 0.394 e. The Hall–Kier alpha value is -3.57. The summed E-state index contributed by atoms with van der Waals surface area (Å²) in [7, 11) is 0. The number of alkyl halides is 3. The summed E-state index contributed by atoms with van der Waals surface area (Å²) in [6, 6.07) is 7.84. The molecule has 5 nitrogen and oxygen atoms in total. The summed E-state index contributed by atoms with van der Waals surface area (Å²) in [6.07, 6.45) is -1.76. The van der Waals surface area contributed by atoms with E-state index >= 15 is 0 Å². The number of aliphatic imine (C=N–C) groups is 1. The molecule has 12 heteroatoms. The van der Waals surface area contributed by atoms with Crippen LogP contribution in [0.2, 0.25) is 4.34 Å².